The number of nitrogens with one attached hydrogen (secondary N) is 1. The van der Waals surface area contributed by atoms with Crippen molar-refractivity contribution >= 4 is 17.5 Å². The molecule has 6 nitrogen and oxygen atoms in total. The zero-order chi connectivity index (χ0) is 20.1. The first-order chi connectivity index (χ1) is 13.4. The molecule has 0 bridgehead atoms. The molecule has 1 fully saturated rings. The van der Waals surface area contributed by atoms with Crippen LogP contribution in [0.5, 0.6) is 0 Å². The highest BCUT2D eigenvalue weighted by atomic mass is 16.5. The van der Waals surface area contributed by atoms with Crippen LogP contribution in [0.25, 0.3) is 0 Å². The Bertz CT molecular complexity index is 736. The number of primary amides is 1. The minimum atomic E-state index is -1.12. The molecule has 3 N–H and O–H groups in total. The number of nitrogens with zero attached hydrogens (tertiary/aromatic N) is 1. The minimum Gasteiger partial charge on any atom is -0.367 e. The molecule has 0 saturated carbocycles. The van der Waals surface area contributed by atoms with Crippen molar-refractivity contribution < 1.29 is 14.3 Å². The van der Waals surface area contributed by atoms with Crippen LogP contribution >= 0.6 is 0 Å². The van der Waals surface area contributed by atoms with Crippen molar-refractivity contribution in [3.63, 3.8) is 0 Å². The number of ether oxygens (including phenoxy) is 1. The van der Waals surface area contributed by atoms with E-state index in [4.69, 9.17) is 10.5 Å². The van der Waals surface area contributed by atoms with Crippen LogP contribution in [0.1, 0.15) is 32.3 Å². The van der Waals surface area contributed by atoms with Crippen LogP contribution in [0.2, 0.25) is 0 Å². The number of hydrogen-bond acceptors (Lipinski definition) is 4. The standard InChI is InChI=1S/C22H31N3O3/c1-16(2)14-18(22(21(23)27)15-24-11-5-13-28-22)8-9-20(26)25-12-10-17-6-3-4-7-19(17)25/h3-4,6-9,16,18,24H,5,10-15H2,1-2H3,(H2,23,27)/b9-8+/t18?,22-/m1/s1. The normalized spacial score (nSPS) is 23.6. The highest BCUT2D eigenvalue weighted by Crippen LogP contribution is 2.32. The average molecular weight is 386 g/mol. The summed E-state index contributed by atoms with van der Waals surface area (Å²) in [5.41, 5.74) is 6.84. The largest absolute Gasteiger partial charge is 0.367 e. The molecular formula is C22H31N3O3. The van der Waals surface area contributed by atoms with E-state index in [0.29, 0.717) is 32.0 Å². The van der Waals surface area contributed by atoms with E-state index in [9.17, 15) is 9.59 Å². The fraction of sp³-hybridized carbons (Fsp3) is 0.545. The summed E-state index contributed by atoms with van der Waals surface area (Å²) in [6.45, 7) is 6.50. The van der Waals surface area contributed by atoms with Gasteiger partial charge < -0.3 is 20.7 Å². The van der Waals surface area contributed by atoms with Crippen LogP contribution in [0.15, 0.2) is 36.4 Å². The fourth-order valence-electron chi connectivity index (χ4n) is 4.14. The number of fused-ring (bicyclic) bond motifs is 1. The lowest BCUT2D eigenvalue weighted by Crippen LogP contribution is -2.57. The molecule has 0 radical (unpaired) electrons. The fourth-order valence-corrected chi connectivity index (χ4v) is 4.14. The number of rotatable bonds is 6. The monoisotopic (exact) mass is 385 g/mol. The number of benzene rings is 1. The van der Waals surface area contributed by atoms with Crippen LogP contribution in [-0.4, -0.2) is 43.7 Å². The second kappa shape index (κ2) is 8.88. The number of nitrogens with two attached hydrogens (primary N) is 1. The average Bonchev–Trinajstić information content (AvgIpc) is 2.93. The Balaban J connectivity index is 1.83. The van der Waals surface area contributed by atoms with Gasteiger partial charge in [-0.2, -0.15) is 0 Å². The lowest BCUT2D eigenvalue weighted by atomic mass is 9.80. The molecule has 0 aromatic heterocycles. The predicted molar refractivity (Wildman–Crippen MR) is 110 cm³/mol. The molecule has 6 heteroatoms. The lowest BCUT2D eigenvalue weighted by Gasteiger charge is -2.36. The summed E-state index contributed by atoms with van der Waals surface area (Å²) in [6.07, 6.45) is 5.83. The van der Waals surface area contributed by atoms with Crippen molar-refractivity contribution in [3.8, 4) is 0 Å². The van der Waals surface area contributed by atoms with E-state index in [1.54, 1.807) is 11.0 Å². The van der Waals surface area contributed by atoms with Gasteiger partial charge in [-0.05, 0) is 49.4 Å². The lowest BCUT2D eigenvalue weighted by molar-refractivity contribution is -0.148. The molecule has 1 aromatic rings. The van der Waals surface area contributed by atoms with Crippen LogP contribution in [0.4, 0.5) is 5.69 Å². The van der Waals surface area contributed by atoms with E-state index < -0.39 is 11.5 Å². The van der Waals surface area contributed by atoms with Gasteiger partial charge in [0.05, 0.1) is 0 Å². The number of carbonyl (C=O) groups excluding carboxylic acids is 2. The topological polar surface area (TPSA) is 84.7 Å². The summed E-state index contributed by atoms with van der Waals surface area (Å²) in [5.74, 6) is -0.478. The zero-order valence-corrected chi connectivity index (χ0v) is 16.8. The smallest absolute Gasteiger partial charge is 0.251 e. The summed E-state index contributed by atoms with van der Waals surface area (Å²) in [6, 6.07) is 7.97. The molecular weight excluding hydrogens is 354 g/mol. The molecule has 2 aliphatic heterocycles. The molecule has 1 saturated heterocycles. The molecule has 0 spiro atoms. The molecule has 0 aliphatic carbocycles. The van der Waals surface area contributed by atoms with Crippen molar-refractivity contribution in [1.82, 2.24) is 5.32 Å². The maximum atomic E-state index is 12.9. The number of para-hydroxylation sites is 1. The van der Waals surface area contributed by atoms with E-state index in [1.165, 1.54) is 5.56 Å². The van der Waals surface area contributed by atoms with E-state index in [1.807, 2.05) is 24.3 Å². The molecule has 28 heavy (non-hydrogen) atoms. The zero-order valence-electron chi connectivity index (χ0n) is 16.8. The van der Waals surface area contributed by atoms with Gasteiger partial charge in [-0.15, -0.1) is 0 Å². The van der Waals surface area contributed by atoms with Crippen molar-refractivity contribution in [1.29, 1.82) is 0 Å². The SMILES string of the molecule is CC(C)CC(/C=C/C(=O)N1CCc2ccccc21)[C@@]1(C(N)=O)CNCCCO1. The third kappa shape index (κ3) is 4.28. The van der Waals surface area contributed by atoms with Gasteiger partial charge in [-0.25, -0.2) is 0 Å². The number of carbonyl (C=O) groups is 2. The molecule has 2 atom stereocenters. The molecule has 2 amide bonds. The van der Waals surface area contributed by atoms with Gasteiger partial charge in [-0.3, -0.25) is 9.59 Å². The Hall–Kier alpha value is -2.18. The molecule has 2 heterocycles. The summed E-state index contributed by atoms with van der Waals surface area (Å²) >= 11 is 0. The first-order valence-electron chi connectivity index (χ1n) is 10.2. The van der Waals surface area contributed by atoms with E-state index in [2.05, 4.69) is 25.2 Å². The van der Waals surface area contributed by atoms with Crippen LogP contribution < -0.4 is 16.0 Å². The first-order valence-corrected chi connectivity index (χ1v) is 10.2. The molecule has 152 valence electrons. The molecule has 1 aromatic carbocycles. The maximum Gasteiger partial charge on any atom is 0.251 e. The van der Waals surface area contributed by atoms with Crippen LogP contribution in [-0.2, 0) is 20.7 Å². The second-order valence-electron chi connectivity index (χ2n) is 8.10. The van der Waals surface area contributed by atoms with E-state index >= 15 is 0 Å². The van der Waals surface area contributed by atoms with Crippen molar-refractivity contribution in [2.75, 3.05) is 31.1 Å². The van der Waals surface area contributed by atoms with Gasteiger partial charge in [-0.1, -0.05) is 38.1 Å². The van der Waals surface area contributed by atoms with E-state index in [-0.39, 0.29) is 11.8 Å². The summed E-state index contributed by atoms with van der Waals surface area (Å²) < 4.78 is 6.02. The predicted octanol–water partition coefficient (Wildman–Crippen LogP) is 2.03. The van der Waals surface area contributed by atoms with Crippen LogP contribution in [0.3, 0.4) is 0 Å². The number of anilines is 1. The van der Waals surface area contributed by atoms with Gasteiger partial charge in [0.25, 0.3) is 11.8 Å². The van der Waals surface area contributed by atoms with Crippen LogP contribution in [0, 0.1) is 11.8 Å². The number of amides is 2. The molecule has 2 aliphatic rings. The Kier molecular flexibility index (Phi) is 6.52. The highest BCUT2D eigenvalue weighted by Gasteiger charge is 2.45. The quantitative estimate of drug-likeness (QED) is 0.734. The van der Waals surface area contributed by atoms with Gasteiger partial charge in [0, 0.05) is 31.3 Å². The summed E-state index contributed by atoms with van der Waals surface area (Å²) in [4.78, 5) is 27.1. The minimum absolute atomic E-state index is 0.0695. The Morgan fingerprint density at radius 1 is 1.36 bits per heavy atom. The molecule has 1 unspecified atom stereocenters. The van der Waals surface area contributed by atoms with Crippen molar-refractivity contribution in [3.05, 3.63) is 42.0 Å². The van der Waals surface area contributed by atoms with Gasteiger partial charge in [0.1, 0.15) is 0 Å². The van der Waals surface area contributed by atoms with E-state index in [0.717, 1.165) is 25.1 Å². The third-order valence-electron chi connectivity index (χ3n) is 5.61. The summed E-state index contributed by atoms with van der Waals surface area (Å²) in [7, 11) is 0. The van der Waals surface area contributed by atoms with Gasteiger partial charge in [0.15, 0.2) is 5.60 Å². The van der Waals surface area contributed by atoms with Crippen molar-refractivity contribution in [2.24, 2.45) is 17.6 Å². The number of hydrogen-bond donors (Lipinski definition) is 2. The molecule has 3 rings (SSSR count). The first kappa shape index (κ1) is 20.6. The Labute approximate surface area is 167 Å². The highest BCUT2D eigenvalue weighted by molar-refractivity contribution is 6.03. The van der Waals surface area contributed by atoms with Crippen molar-refractivity contribution in [2.45, 2.75) is 38.7 Å². The van der Waals surface area contributed by atoms with Gasteiger partial charge >= 0.3 is 0 Å². The second-order valence-corrected chi connectivity index (χ2v) is 8.10. The third-order valence-corrected chi connectivity index (χ3v) is 5.61. The maximum absolute atomic E-state index is 12.9. The van der Waals surface area contributed by atoms with Gasteiger partial charge in [0.2, 0.25) is 0 Å². The summed E-state index contributed by atoms with van der Waals surface area (Å²) in [5, 5.41) is 3.27. The Morgan fingerprint density at radius 3 is 2.89 bits per heavy atom. The Morgan fingerprint density at radius 2 is 2.14 bits per heavy atom.